The van der Waals surface area contributed by atoms with Crippen LogP contribution >= 0.6 is 60.1 Å². The van der Waals surface area contributed by atoms with Crippen LogP contribution < -0.4 is 0 Å². The van der Waals surface area contributed by atoms with Crippen LogP contribution in [0.5, 0.6) is 0 Å². The molecule has 0 spiro atoms. The van der Waals surface area contributed by atoms with Crippen LogP contribution in [0.3, 0.4) is 0 Å². The van der Waals surface area contributed by atoms with E-state index in [-0.39, 0.29) is 0 Å². The lowest BCUT2D eigenvalue weighted by atomic mass is 9.87. The Morgan fingerprint density at radius 1 is 0.214 bits per heavy atom. The van der Waals surface area contributed by atoms with Crippen molar-refractivity contribution in [1.82, 2.24) is 19.9 Å². The van der Waals surface area contributed by atoms with Gasteiger partial charge in [0.05, 0.1) is 0 Å². The molecule has 4 heterocycles. The molecule has 12 aromatic carbocycles. The van der Waals surface area contributed by atoms with Crippen LogP contribution in [-0.2, 0) is 0 Å². The third kappa shape index (κ3) is 9.82. The summed E-state index contributed by atoms with van der Waals surface area (Å²) in [6.45, 7) is 0. The Hall–Kier alpha value is -8.76. The Labute approximate surface area is 518 Å². The molecule has 0 atom stereocenters. The Bertz CT molecular complexity index is 4670. The number of hydrogen-bond acceptors (Lipinski definition) is 4. The van der Waals surface area contributed by atoms with Crippen LogP contribution in [-0.4, -0.2) is 19.9 Å². The van der Waals surface area contributed by atoms with Crippen LogP contribution in [0.1, 0.15) is 0 Å². The molecule has 0 aliphatic rings. The van der Waals surface area contributed by atoms with E-state index in [1.54, 1.807) is 12.4 Å². The fourth-order valence-electron chi connectivity index (χ4n) is 12.2. The van der Waals surface area contributed by atoms with Gasteiger partial charge in [0.1, 0.15) is 0 Å². The predicted octanol–water partition coefficient (Wildman–Crippen LogP) is 23.3. The van der Waals surface area contributed by atoms with Gasteiger partial charge in [-0.1, -0.05) is 226 Å². The topological polar surface area (TPSA) is 51.6 Å². The molecule has 0 saturated heterocycles. The summed E-state index contributed by atoms with van der Waals surface area (Å²) >= 11 is 13.4. The summed E-state index contributed by atoms with van der Waals surface area (Å²) in [4.78, 5) is 17.1. The Morgan fingerprint density at radius 2 is 0.464 bits per heavy atom. The van der Waals surface area contributed by atoms with Crippen molar-refractivity contribution in [2.45, 2.75) is 0 Å². The predicted molar refractivity (Wildman–Crippen MR) is 368 cm³/mol. The van der Waals surface area contributed by atoms with Gasteiger partial charge in [-0.25, -0.2) is 0 Å². The first kappa shape index (κ1) is 53.3. The van der Waals surface area contributed by atoms with E-state index in [1.165, 1.54) is 120 Å². The molecule has 0 saturated carbocycles. The van der Waals surface area contributed by atoms with Gasteiger partial charge in [-0.3, -0.25) is 19.9 Å². The van der Waals surface area contributed by atoms with Crippen molar-refractivity contribution in [2.24, 2.45) is 0 Å². The van der Waals surface area contributed by atoms with Crippen LogP contribution in [0.25, 0.3) is 154 Å². The van der Waals surface area contributed by atoms with E-state index in [4.69, 9.17) is 0 Å². The van der Waals surface area contributed by atoms with Gasteiger partial charge in [0.15, 0.2) is 0 Å². The number of benzene rings is 12. The minimum absolute atomic E-state index is 1.10. The fourth-order valence-corrected chi connectivity index (χ4v) is 13.3. The van der Waals surface area contributed by atoms with E-state index in [0.717, 1.165) is 42.3 Å². The van der Waals surface area contributed by atoms with Crippen LogP contribution in [0.2, 0.25) is 0 Å². The highest BCUT2D eigenvalue weighted by Gasteiger charge is 2.20. The van der Waals surface area contributed by atoms with E-state index in [9.17, 15) is 0 Å². The summed E-state index contributed by atoms with van der Waals surface area (Å²) in [6.07, 6.45) is 14.9. The molecule has 84 heavy (non-hydrogen) atoms. The molecular formula is C76H46Br4N4. The fraction of sp³-hybridized carbons (Fsp3) is 0. The van der Waals surface area contributed by atoms with Crippen LogP contribution in [0.4, 0.5) is 0 Å². The zero-order valence-electron chi connectivity index (χ0n) is 44.9. The van der Waals surface area contributed by atoms with Gasteiger partial charge in [-0.15, -0.1) is 0 Å². The maximum atomic E-state index is 4.28. The van der Waals surface area contributed by atoms with Gasteiger partial charge in [0.25, 0.3) is 0 Å². The Balaban J connectivity index is 0.000000145. The molecule has 398 valence electrons. The summed E-state index contributed by atoms with van der Waals surface area (Å²) in [5.41, 5.74) is 18.9. The molecular weight excluding hydrogens is 1290 g/mol. The highest BCUT2D eigenvalue weighted by Crippen LogP contribution is 2.48. The quantitative estimate of drug-likeness (QED) is 0.142. The lowest BCUT2D eigenvalue weighted by molar-refractivity contribution is 1.33. The van der Waals surface area contributed by atoms with Gasteiger partial charge >= 0.3 is 0 Å². The lowest BCUT2D eigenvalue weighted by Crippen LogP contribution is -1.92. The standard InChI is InChI=1S/C38H22Br2N2.C38H24N2.Br2/c39-35-19-33(25-9-5-23(6-10-25)27-3-1-17-41-21-27)29-13-15-32-36(40)20-34(30-14-16-31(35)37(29)38(30)32)26-11-7-24(8-12-26)28-4-2-18-42-22-28;1-3-31(23-39-21-1)25-5-9-27(10-6-25)33-17-13-29-16-20-36-34(18-14-30-15-19-35(33)37(29)38(30)36)28-11-7-26(8-12-28)32-4-2-22-40-24-32;1-2/h1-22H;1-24H;. The summed E-state index contributed by atoms with van der Waals surface area (Å²) in [7, 11) is 0. The molecule has 0 N–H and O–H groups in total. The maximum absolute atomic E-state index is 4.28. The molecule has 0 aliphatic carbocycles. The SMILES string of the molecule is BrBr.Brc1cc(-c2ccc(-c3cccnc3)cc2)c2ccc3c(Br)cc(-c4ccc(-c5cccnc5)cc4)c4ccc1c2c34.c1cncc(-c2ccc(-c3ccc4ccc5c(-c6ccc(-c7cccnc7)cc6)ccc6ccc3c4c65)cc2)c1. The number of pyridine rings is 4. The molecule has 0 radical (unpaired) electrons. The number of halogens is 4. The first-order valence-electron chi connectivity index (χ1n) is 27.5. The van der Waals surface area contributed by atoms with Crippen molar-refractivity contribution < 1.29 is 0 Å². The number of aromatic nitrogens is 4. The van der Waals surface area contributed by atoms with E-state index < -0.39 is 0 Å². The molecule has 0 aliphatic heterocycles. The lowest BCUT2D eigenvalue weighted by Gasteiger charge is -2.19. The van der Waals surface area contributed by atoms with Crippen LogP contribution in [0, 0.1) is 0 Å². The van der Waals surface area contributed by atoms with E-state index in [2.05, 4.69) is 286 Å². The van der Waals surface area contributed by atoms with E-state index >= 15 is 0 Å². The number of nitrogens with zero attached hydrogens (tertiary/aromatic N) is 4. The van der Waals surface area contributed by atoms with Crippen molar-refractivity contribution in [2.75, 3.05) is 0 Å². The minimum Gasteiger partial charge on any atom is -0.264 e. The highest BCUT2D eigenvalue weighted by molar-refractivity contribution is 9.93. The smallest absolute Gasteiger partial charge is 0.0346 e. The monoisotopic (exact) mass is 1330 g/mol. The van der Waals surface area contributed by atoms with Crippen molar-refractivity contribution in [1.29, 1.82) is 0 Å². The number of hydrogen-bond donors (Lipinski definition) is 0. The second kappa shape index (κ2) is 23.1. The third-order valence-electron chi connectivity index (χ3n) is 16.2. The molecule has 4 aromatic heterocycles. The van der Waals surface area contributed by atoms with Crippen molar-refractivity contribution in [3.63, 3.8) is 0 Å². The Morgan fingerprint density at radius 3 is 0.762 bits per heavy atom. The minimum atomic E-state index is 1.10. The average Bonchev–Trinajstić information content (AvgIpc) is 1.06. The molecule has 0 fully saturated rings. The highest BCUT2D eigenvalue weighted by atomic mass is 80.9. The zero-order chi connectivity index (χ0) is 56.7. The van der Waals surface area contributed by atoms with E-state index in [0.29, 0.717) is 0 Å². The molecule has 16 aromatic rings. The summed E-state index contributed by atoms with van der Waals surface area (Å²) in [6, 6.07) is 83.3. The van der Waals surface area contributed by atoms with E-state index in [1.807, 2.05) is 61.4 Å². The molecule has 0 amide bonds. The summed E-state index contributed by atoms with van der Waals surface area (Å²) in [5.74, 6) is 0. The van der Waals surface area contributed by atoms with Gasteiger partial charge in [-0.05, 0) is 190 Å². The van der Waals surface area contributed by atoms with Gasteiger partial charge in [-0.2, -0.15) is 0 Å². The first-order valence-corrected chi connectivity index (χ1v) is 32.8. The second-order valence-electron chi connectivity index (χ2n) is 20.8. The molecule has 16 rings (SSSR count). The first-order chi connectivity index (χ1) is 41.5. The van der Waals surface area contributed by atoms with Crippen molar-refractivity contribution >= 4 is 125 Å². The number of rotatable bonds is 8. The third-order valence-corrected chi connectivity index (χ3v) is 17.5. The average molecular weight is 1330 g/mol. The summed E-state index contributed by atoms with van der Waals surface area (Å²) < 4.78 is 2.19. The van der Waals surface area contributed by atoms with Crippen molar-refractivity contribution in [3.05, 3.63) is 289 Å². The van der Waals surface area contributed by atoms with Gasteiger partial charge < -0.3 is 0 Å². The summed E-state index contributed by atoms with van der Waals surface area (Å²) in [5, 5.41) is 15.3. The molecule has 0 bridgehead atoms. The molecule has 8 heteroatoms. The van der Waals surface area contributed by atoms with Gasteiger partial charge in [0, 0.05) is 86.8 Å². The zero-order valence-corrected chi connectivity index (χ0v) is 51.2. The normalized spacial score (nSPS) is 11.3. The molecule has 0 unspecified atom stereocenters. The van der Waals surface area contributed by atoms with Gasteiger partial charge in [0.2, 0.25) is 0 Å². The maximum Gasteiger partial charge on any atom is 0.0346 e. The van der Waals surface area contributed by atoms with Crippen molar-refractivity contribution in [3.8, 4) is 89.0 Å². The second-order valence-corrected chi connectivity index (χ2v) is 22.5. The Kier molecular flexibility index (Phi) is 14.7. The largest absolute Gasteiger partial charge is 0.264 e. The molecule has 4 nitrogen and oxygen atoms in total. The van der Waals surface area contributed by atoms with Crippen LogP contribution in [0.15, 0.2) is 289 Å².